The Labute approximate surface area is 173 Å². The van der Waals surface area contributed by atoms with E-state index in [9.17, 15) is 13.2 Å². The summed E-state index contributed by atoms with van der Waals surface area (Å²) in [5, 5.41) is 4.67. The van der Waals surface area contributed by atoms with Crippen LogP contribution in [0.25, 0.3) is 0 Å². The number of rotatable bonds is 7. The van der Waals surface area contributed by atoms with Crippen molar-refractivity contribution in [3.8, 4) is 5.75 Å². The fourth-order valence-electron chi connectivity index (χ4n) is 2.65. The van der Waals surface area contributed by atoms with Crippen molar-refractivity contribution < 1.29 is 17.9 Å². The highest BCUT2D eigenvalue weighted by Crippen LogP contribution is 2.25. The van der Waals surface area contributed by atoms with Gasteiger partial charge in [-0.1, -0.05) is 12.1 Å². The molecule has 7 nitrogen and oxygen atoms in total. The van der Waals surface area contributed by atoms with Gasteiger partial charge in [0.05, 0.1) is 4.90 Å². The van der Waals surface area contributed by atoms with Crippen LogP contribution in [0.15, 0.2) is 52.9 Å². The van der Waals surface area contributed by atoms with Gasteiger partial charge in [0.1, 0.15) is 5.75 Å². The molecule has 0 unspecified atom stereocenters. The number of nitrogens with zero attached hydrogens (tertiary/aromatic N) is 1. The highest BCUT2D eigenvalue weighted by atomic mass is 32.2. The van der Waals surface area contributed by atoms with E-state index in [0.717, 1.165) is 16.7 Å². The average Bonchev–Trinajstić information content (AvgIpc) is 3.17. The number of anilines is 2. The van der Waals surface area contributed by atoms with E-state index in [0.29, 0.717) is 16.6 Å². The number of carbonyl (C=O) groups excluding carboxylic acids is 1. The Kier molecular flexibility index (Phi) is 6.19. The van der Waals surface area contributed by atoms with Crippen LogP contribution in [0.5, 0.6) is 5.75 Å². The maximum absolute atomic E-state index is 12.3. The smallest absolute Gasteiger partial charge is 0.263 e. The molecule has 1 heterocycles. The van der Waals surface area contributed by atoms with Gasteiger partial charge in [0.2, 0.25) is 0 Å². The molecule has 0 saturated heterocycles. The van der Waals surface area contributed by atoms with Crippen LogP contribution in [-0.2, 0) is 14.8 Å². The lowest BCUT2D eigenvalue weighted by molar-refractivity contribution is -0.118. The second kappa shape index (κ2) is 8.62. The molecule has 1 aromatic heterocycles. The van der Waals surface area contributed by atoms with Gasteiger partial charge in [0.25, 0.3) is 15.9 Å². The number of nitrogens with one attached hydrogen (secondary N) is 2. The Morgan fingerprint density at radius 1 is 1.07 bits per heavy atom. The van der Waals surface area contributed by atoms with Crippen molar-refractivity contribution in [1.29, 1.82) is 0 Å². The first-order chi connectivity index (χ1) is 13.8. The Bertz CT molecular complexity index is 1110. The van der Waals surface area contributed by atoms with Gasteiger partial charge in [-0.05, 0) is 61.7 Å². The quantitative estimate of drug-likeness (QED) is 0.592. The van der Waals surface area contributed by atoms with E-state index >= 15 is 0 Å². The molecule has 0 radical (unpaired) electrons. The van der Waals surface area contributed by atoms with Crippen LogP contribution >= 0.6 is 11.3 Å². The summed E-state index contributed by atoms with van der Waals surface area (Å²) in [6.07, 6.45) is 1.52. The molecule has 3 aromatic rings. The minimum atomic E-state index is -3.73. The molecule has 0 fully saturated rings. The standard InChI is InChI=1S/C20H21N3O4S2/c1-13-4-5-14(2)19(15(13)3)27-12-18(24)22-16-6-8-17(9-7-16)29(25,26)23-20-21-10-11-28-20/h4-11H,12H2,1-3H3,(H,21,23)(H,22,24). The van der Waals surface area contributed by atoms with Crippen molar-refractivity contribution in [3.05, 3.63) is 64.7 Å². The van der Waals surface area contributed by atoms with Crippen LogP contribution < -0.4 is 14.8 Å². The van der Waals surface area contributed by atoms with E-state index in [1.165, 1.54) is 41.8 Å². The Balaban J connectivity index is 1.61. The number of sulfonamides is 1. The topological polar surface area (TPSA) is 97.4 Å². The molecule has 0 aliphatic carbocycles. The van der Waals surface area contributed by atoms with Gasteiger partial charge in [-0.2, -0.15) is 0 Å². The molecule has 0 saturated carbocycles. The predicted molar refractivity (Wildman–Crippen MR) is 114 cm³/mol. The first kappa shape index (κ1) is 20.8. The molecule has 0 spiro atoms. The maximum atomic E-state index is 12.3. The minimum absolute atomic E-state index is 0.0768. The lowest BCUT2D eigenvalue weighted by atomic mass is 10.1. The molecule has 0 aliphatic rings. The van der Waals surface area contributed by atoms with Gasteiger partial charge in [-0.3, -0.25) is 9.52 Å². The number of aromatic nitrogens is 1. The molecule has 152 valence electrons. The molecule has 9 heteroatoms. The number of hydrogen-bond donors (Lipinski definition) is 2. The third kappa shape index (κ3) is 5.12. The van der Waals surface area contributed by atoms with E-state index in [-0.39, 0.29) is 17.4 Å². The molecular weight excluding hydrogens is 410 g/mol. The predicted octanol–water partition coefficient (Wildman–Crippen LogP) is 3.89. The number of benzene rings is 2. The zero-order valence-electron chi connectivity index (χ0n) is 16.2. The zero-order valence-corrected chi connectivity index (χ0v) is 17.9. The minimum Gasteiger partial charge on any atom is -0.483 e. The van der Waals surface area contributed by atoms with Crippen molar-refractivity contribution in [3.63, 3.8) is 0 Å². The monoisotopic (exact) mass is 431 g/mol. The van der Waals surface area contributed by atoms with E-state index in [1.54, 1.807) is 5.38 Å². The van der Waals surface area contributed by atoms with Crippen molar-refractivity contribution in [1.82, 2.24) is 4.98 Å². The summed E-state index contributed by atoms with van der Waals surface area (Å²) < 4.78 is 32.8. The molecule has 0 atom stereocenters. The fraction of sp³-hybridized carbons (Fsp3) is 0.200. The largest absolute Gasteiger partial charge is 0.483 e. The van der Waals surface area contributed by atoms with Gasteiger partial charge in [-0.25, -0.2) is 13.4 Å². The van der Waals surface area contributed by atoms with Gasteiger partial charge >= 0.3 is 0 Å². The summed E-state index contributed by atoms with van der Waals surface area (Å²) in [5.41, 5.74) is 3.53. The first-order valence-corrected chi connectivity index (χ1v) is 11.1. The van der Waals surface area contributed by atoms with Crippen molar-refractivity contribution >= 4 is 38.1 Å². The summed E-state index contributed by atoms with van der Waals surface area (Å²) >= 11 is 1.19. The maximum Gasteiger partial charge on any atom is 0.263 e. The van der Waals surface area contributed by atoms with Gasteiger partial charge in [0, 0.05) is 17.3 Å². The van der Waals surface area contributed by atoms with E-state index < -0.39 is 10.0 Å². The molecule has 1 amide bonds. The van der Waals surface area contributed by atoms with Crippen molar-refractivity contribution in [2.45, 2.75) is 25.7 Å². The normalized spacial score (nSPS) is 11.1. The van der Waals surface area contributed by atoms with Crippen molar-refractivity contribution in [2.24, 2.45) is 0 Å². The van der Waals surface area contributed by atoms with Crippen LogP contribution in [0.4, 0.5) is 10.8 Å². The summed E-state index contributed by atoms with van der Waals surface area (Å²) in [6, 6.07) is 9.85. The molecular formula is C20H21N3O4S2. The van der Waals surface area contributed by atoms with E-state index in [2.05, 4.69) is 15.0 Å². The summed E-state index contributed by atoms with van der Waals surface area (Å²) in [4.78, 5) is 16.2. The van der Waals surface area contributed by atoms with Gasteiger partial charge in [0.15, 0.2) is 11.7 Å². The Morgan fingerprint density at radius 2 is 1.76 bits per heavy atom. The third-order valence-electron chi connectivity index (χ3n) is 4.32. The van der Waals surface area contributed by atoms with Crippen LogP contribution in [0, 0.1) is 20.8 Å². The van der Waals surface area contributed by atoms with Gasteiger partial charge in [-0.15, -0.1) is 11.3 Å². The average molecular weight is 432 g/mol. The number of hydrogen-bond acceptors (Lipinski definition) is 6. The first-order valence-electron chi connectivity index (χ1n) is 8.78. The number of thiazole rings is 1. The Morgan fingerprint density at radius 3 is 2.41 bits per heavy atom. The van der Waals surface area contributed by atoms with Crippen molar-refractivity contribution in [2.75, 3.05) is 16.6 Å². The van der Waals surface area contributed by atoms with Crippen LogP contribution in [0.3, 0.4) is 0 Å². The molecule has 0 bridgehead atoms. The number of carbonyl (C=O) groups is 1. The number of ether oxygens (including phenoxy) is 1. The third-order valence-corrected chi connectivity index (χ3v) is 6.50. The zero-order chi connectivity index (χ0) is 21.0. The Hall–Kier alpha value is -2.91. The fourth-order valence-corrected chi connectivity index (χ4v) is 4.44. The van der Waals surface area contributed by atoms with Crippen LogP contribution in [0.2, 0.25) is 0 Å². The summed E-state index contributed by atoms with van der Waals surface area (Å²) in [6.45, 7) is 5.73. The lowest BCUT2D eigenvalue weighted by Gasteiger charge is -2.14. The molecule has 2 aromatic carbocycles. The lowest BCUT2D eigenvalue weighted by Crippen LogP contribution is -2.21. The second-order valence-electron chi connectivity index (χ2n) is 6.46. The van der Waals surface area contributed by atoms with E-state index in [1.807, 2.05) is 32.9 Å². The van der Waals surface area contributed by atoms with E-state index in [4.69, 9.17) is 4.74 Å². The van der Waals surface area contributed by atoms with Crippen LogP contribution in [0.1, 0.15) is 16.7 Å². The summed E-state index contributed by atoms with van der Waals surface area (Å²) in [5.74, 6) is 0.372. The second-order valence-corrected chi connectivity index (χ2v) is 9.03. The highest BCUT2D eigenvalue weighted by molar-refractivity contribution is 7.93. The molecule has 2 N–H and O–H groups in total. The highest BCUT2D eigenvalue weighted by Gasteiger charge is 2.16. The van der Waals surface area contributed by atoms with Gasteiger partial charge < -0.3 is 10.1 Å². The summed E-state index contributed by atoms with van der Waals surface area (Å²) in [7, 11) is -3.73. The number of aryl methyl sites for hydroxylation is 2. The SMILES string of the molecule is Cc1ccc(C)c(OCC(=O)Nc2ccc(S(=O)(=O)Nc3nccs3)cc2)c1C. The van der Waals surface area contributed by atoms with Crippen LogP contribution in [-0.4, -0.2) is 25.9 Å². The number of amides is 1. The molecule has 29 heavy (non-hydrogen) atoms. The molecule has 3 rings (SSSR count). The molecule has 0 aliphatic heterocycles.